The van der Waals surface area contributed by atoms with Crippen LogP contribution in [-0.4, -0.2) is 34.8 Å². The molecule has 1 aromatic heterocycles. The van der Waals surface area contributed by atoms with Gasteiger partial charge in [-0.15, -0.1) is 0 Å². The van der Waals surface area contributed by atoms with Crippen molar-refractivity contribution >= 4 is 29.2 Å². The molecule has 3 rings (SSSR count). The molecule has 1 aromatic carbocycles. The third-order valence-electron chi connectivity index (χ3n) is 3.43. The number of pyridine rings is 1. The number of aromatic nitrogens is 1. The second-order valence-electron chi connectivity index (χ2n) is 4.97. The topological polar surface area (TPSA) is 57.6 Å². The van der Waals surface area contributed by atoms with Gasteiger partial charge in [0.1, 0.15) is 0 Å². The van der Waals surface area contributed by atoms with Crippen molar-refractivity contribution in [3.8, 4) is 0 Å². The number of amides is 1. The Morgan fingerprint density at radius 2 is 2.18 bits per heavy atom. The first kappa shape index (κ1) is 14.5. The van der Waals surface area contributed by atoms with Crippen molar-refractivity contribution in [2.75, 3.05) is 18.4 Å². The maximum absolute atomic E-state index is 12.5. The first-order valence-corrected chi connectivity index (χ1v) is 7.33. The normalized spacial score (nSPS) is 13.9. The summed E-state index contributed by atoms with van der Waals surface area (Å²) in [6.45, 7) is 3.04. The number of carbonyl (C=O) groups is 1. The van der Waals surface area contributed by atoms with Gasteiger partial charge in [-0.3, -0.25) is 19.7 Å². The summed E-state index contributed by atoms with van der Waals surface area (Å²) in [7, 11) is 0. The molecule has 1 N–H and O–H groups in total. The second-order valence-corrected chi connectivity index (χ2v) is 5.34. The van der Waals surface area contributed by atoms with Crippen LogP contribution in [0.15, 0.2) is 47.7 Å². The van der Waals surface area contributed by atoms with Crippen molar-refractivity contribution in [3.63, 3.8) is 0 Å². The molecule has 0 radical (unpaired) electrons. The van der Waals surface area contributed by atoms with Gasteiger partial charge in [-0.1, -0.05) is 23.7 Å². The van der Waals surface area contributed by atoms with E-state index in [2.05, 4.69) is 15.3 Å². The number of nitrogens with zero attached hydrogens (tertiary/aromatic N) is 3. The molecule has 0 bridgehead atoms. The van der Waals surface area contributed by atoms with Crippen molar-refractivity contribution in [1.82, 2.24) is 9.88 Å². The standard InChI is InChI=1S/C16H15ClN4O/c1-11-4-2-6-13(14(11)17)20-16-19-8-9-21(16)15(22)12-5-3-7-18-10-12/h2-7,10H,8-9H2,1H3,(H,19,20). The molecule has 112 valence electrons. The lowest BCUT2D eigenvalue weighted by molar-refractivity contribution is 0.0857. The molecule has 1 aliphatic rings. The summed E-state index contributed by atoms with van der Waals surface area (Å²) < 4.78 is 0. The van der Waals surface area contributed by atoms with Gasteiger partial charge in [0.25, 0.3) is 5.91 Å². The van der Waals surface area contributed by atoms with Crippen LogP contribution in [0, 0.1) is 6.92 Å². The predicted molar refractivity (Wildman–Crippen MR) is 87.4 cm³/mol. The molecule has 1 aliphatic heterocycles. The van der Waals surface area contributed by atoms with Gasteiger partial charge in [0.05, 0.1) is 22.8 Å². The first-order valence-electron chi connectivity index (χ1n) is 6.95. The number of halogens is 1. The van der Waals surface area contributed by atoms with Crippen molar-refractivity contribution in [1.29, 1.82) is 0 Å². The number of anilines is 1. The van der Waals surface area contributed by atoms with E-state index < -0.39 is 0 Å². The number of nitrogens with one attached hydrogen (secondary N) is 1. The number of aliphatic imine (C=N–C) groups is 1. The molecule has 2 aromatic rings. The zero-order valence-corrected chi connectivity index (χ0v) is 12.8. The van der Waals surface area contributed by atoms with E-state index in [9.17, 15) is 4.79 Å². The molecule has 0 atom stereocenters. The fraction of sp³-hybridized carbons (Fsp3) is 0.188. The van der Waals surface area contributed by atoms with Gasteiger partial charge in [-0.05, 0) is 30.7 Å². The van der Waals surface area contributed by atoms with Crippen LogP contribution < -0.4 is 5.32 Å². The molecule has 5 nitrogen and oxygen atoms in total. The second kappa shape index (κ2) is 6.15. The molecule has 0 aliphatic carbocycles. The number of benzene rings is 1. The lowest BCUT2D eigenvalue weighted by Gasteiger charge is -2.20. The monoisotopic (exact) mass is 314 g/mol. The minimum absolute atomic E-state index is 0.124. The molecular formula is C16H15ClN4O. The van der Waals surface area contributed by atoms with Crippen LogP contribution in [0.5, 0.6) is 0 Å². The summed E-state index contributed by atoms with van der Waals surface area (Å²) in [6, 6.07) is 9.19. The molecule has 0 unspecified atom stereocenters. The van der Waals surface area contributed by atoms with Crippen LogP contribution in [0.1, 0.15) is 15.9 Å². The maximum Gasteiger partial charge on any atom is 0.262 e. The summed E-state index contributed by atoms with van der Waals surface area (Å²) in [5, 5.41) is 3.78. The highest BCUT2D eigenvalue weighted by Crippen LogP contribution is 2.26. The van der Waals surface area contributed by atoms with E-state index in [0.29, 0.717) is 29.6 Å². The fourth-order valence-electron chi connectivity index (χ4n) is 2.26. The molecule has 1 amide bonds. The molecule has 0 fully saturated rings. The Morgan fingerprint density at radius 1 is 1.32 bits per heavy atom. The highest BCUT2D eigenvalue weighted by Gasteiger charge is 2.25. The number of aryl methyl sites for hydroxylation is 1. The smallest absolute Gasteiger partial charge is 0.262 e. The summed E-state index contributed by atoms with van der Waals surface area (Å²) >= 11 is 6.29. The Labute approximate surface area is 133 Å². The van der Waals surface area contributed by atoms with Crippen LogP contribution in [0.3, 0.4) is 0 Å². The van der Waals surface area contributed by atoms with Crippen molar-refractivity contribution in [2.45, 2.75) is 6.92 Å². The number of hydrogen-bond acceptors (Lipinski definition) is 4. The van der Waals surface area contributed by atoms with Gasteiger partial charge < -0.3 is 5.32 Å². The molecule has 0 spiro atoms. The highest BCUT2D eigenvalue weighted by molar-refractivity contribution is 6.34. The average molecular weight is 315 g/mol. The number of rotatable bonds is 2. The molecule has 0 saturated heterocycles. The van der Waals surface area contributed by atoms with E-state index in [1.807, 2.05) is 25.1 Å². The third kappa shape index (κ3) is 2.80. The van der Waals surface area contributed by atoms with Crippen molar-refractivity contribution in [2.24, 2.45) is 4.99 Å². The zero-order chi connectivity index (χ0) is 15.5. The lowest BCUT2D eigenvalue weighted by Crippen LogP contribution is -2.38. The number of carbonyl (C=O) groups excluding carboxylic acids is 1. The van der Waals surface area contributed by atoms with Crippen molar-refractivity contribution in [3.05, 3.63) is 58.9 Å². The molecule has 22 heavy (non-hydrogen) atoms. The van der Waals surface area contributed by atoms with Crippen molar-refractivity contribution < 1.29 is 4.79 Å². The molecule has 0 saturated carbocycles. The SMILES string of the molecule is Cc1cccc(NC2=NCCN2C(=O)c2cccnc2)c1Cl. The van der Waals surface area contributed by atoms with Gasteiger partial charge in [0.15, 0.2) is 0 Å². The summed E-state index contributed by atoms with van der Waals surface area (Å²) in [4.78, 5) is 22.5. The van der Waals surface area contributed by atoms with Gasteiger partial charge in [0.2, 0.25) is 5.96 Å². The third-order valence-corrected chi connectivity index (χ3v) is 3.93. The molecular weight excluding hydrogens is 300 g/mol. The zero-order valence-electron chi connectivity index (χ0n) is 12.1. The quantitative estimate of drug-likeness (QED) is 0.927. The first-order chi connectivity index (χ1) is 10.7. The van der Waals surface area contributed by atoms with Crippen LogP contribution in [0.2, 0.25) is 5.02 Å². The Morgan fingerprint density at radius 3 is 2.95 bits per heavy atom. The average Bonchev–Trinajstić information content (AvgIpc) is 3.00. The van der Waals surface area contributed by atoms with Crippen LogP contribution in [0.4, 0.5) is 5.69 Å². The Hall–Kier alpha value is -2.40. The van der Waals surface area contributed by atoms with E-state index in [4.69, 9.17) is 11.6 Å². The predicted octanol–water partition coefficient (Wildman–Crippen LogP) is 2.97. The Bertz CT molecular complexity index is 730. The number of guanidine groups is 1. The van der Waals surface area contributed by atoms with E-state index >= 15 is 0 Å². The summed E-state index contributed by atoms with van der Waals surface area (Å²) in [5.41, 5.74) is 2.25. The van der Waals surface area contributed by atoms with Gasteiger partial charge in [-0.2, -0.15) is 0 Å². The van der Waals surface area contributed by atoms with Crippen LogP contribution in [0.25, 0.3) is 0 Å². The van der Waals surface area contributed by atoms with E-state index in [1.165, 1.54) is 0 Å². The Kier molecular flexibility index (Phi) is 4.06. The minimum Gasteiger partial charge on any atom is -0.324 e. The van der Waals surface area contributed by atoms with Crippen LogP contribution >= 0.6 is 11.6 Å². The maximum atomic E-state index is 12.5. The van der Waals surface area contributed by atoms with E-state index in [-0.39, 0.29) is 5.91 Å². The highest BCUT2D eigenvalue weighted by atomic mass is 35.5. The number of hydrogen-bond donors (Lipinski definition) is 1. The Balaban J connectivity index is 1.82. The lowest BCUT2D eigenvalue weighted by atomic mass is 10.2. The summed E-state index contributed by atoms with van der Waals surface area (Å²) in [5.74, 6) is 0.391. The van der Waals surface area contributed by atoms with Crippen LogP contribution in [-0.2, 0) is 0 Å². The fourth-order valence-corrected chi connectivity index (χ4v) is 2.43. The van der Waals surface area contributed by atoms with E-state index in [0.717, 1.165) is 11.3 Å². The molecule has 6 heteroatoms. The molecule has 2 heterocycles. The minimum atomic E-state index is -0.124. The van der Waals surface area contributed by atoms with Gasteiger partial charge in [0, 0.05) is 18.9 Å². The summed E-state index contributed by atoms with van der Waals surface area (Å²) in [6.07, 6.45) is 3.19. The largest absolute Gasteiger partial charge is 0.324 e. The van der Waals surface area contributed by atoms with Gasteiger partial charge >= 0.3 is 0 Å². The van der Waals surface area contributed by atoms with Gasteiger partial charge in [-0.25, -0.2) is 0 Å². The van der Waals surface area contributed by atoms with E-state index in [1.54, 1.807) is 29.4 Å².